The number of carbonyl (C=O) groups excluding carboxylic acids is 1. The first-order chi connectivity index (χ1) is 10.2. The Morgan fingerprint density at radius 3 is 2.71 bits per heavy atom. The summed E-state index contributed by atoms with van der Waals surface area (Å²) in [5, 5.41) is 0. The van der Waals surface area contributed by atoms with Gasteiger partial charge in [0.25, 0.3) is 0 Å². The lowest BCUT2D eigenvalue weighted by molar-refractivity contribution is -0.137. The van der Waals surface area contributed by atoms with E-state index in [4.69, 9.17) is 5.73 Å². The molecule has 1 heterocycles. The number of nitrogens with zero attached hydrogens (tertiary/aromatic N) is 2. The summed E-state index contributed by atoms with van der Waals surface area (Å²) in [6, 6.07) is 0. The number of nitrogens with two attached hydrogens (primary N) is 1. The Hall–Kier alpha value is -0.610. The lowest BCUT2D eigenvalue weighted by atomic mass is 9.87. The first-order valence-corrected chi connectivity index (χ1v) is 8.88. The van der Waals surface area contributed by atoms with E-state index in [0.717, 1.165) is 51.6 Å². The summed E-state index contributed by atoms with van der Waals surface area (Å²) >= 11 is 0. The second-order valence-electron chi connectivity index (χ2n) is 7.60. The molecule has 2 bridgehead atoms. The van der Waals surface area contributed by atoms with Crippen molar-refractivity contribution in [3.63, 3.8) is 0 Å². The second-order valence-corrected chi connectivity index (χ2v) is 7.60. The quantitative estimate of drug-likeness (QED) is 0.855. The fourth-order valence-electron chi connectivity index (χ4n) is 4.67. The largest absolute Gasteiger partial charge is 0.341 e. The average molecular weight is 293 g/mol. The minimum absolute atomic E-state index is 0.360. The lowest BCUT2D eigenvalue weighted by Gasteiger charge is -2.29. The van der Waals surface area contributed by atoms with Crippen molar-refractivity contribution < 1.29 is 4.79 Å². The van der Waals surface area contributed by atoms with E-state index >= 15 is 0 Å². The van der Waals surface area contributed by atoms with E-state index in [0.29, 0.717) is 23.7 Å². The number of carbonyl (C=O) groups is 1. The number of hydrogen-bond acceptors (Lipinski definition) is 3. The molecule has 4 nitrogen and oxygen atoms in total. The molecule has 0 aromatic heterocycles. The summed E-state index contributed by atoms with van der Waals surface area (Å²) < 4.78 is 0. The Balaban J connectivity index is 1.51. The van der Waals surface area contributed by atoms with Crippen molar-refractivity contribution in [3.8, 4) is 0 Å². The highest BCUT2D eigenvalue weighted by atomic mass is 16.2. The zero-order valence-electron chi connectivity index (χ0n) is 13.5. The highest BCUT2D eigenvalue weighted by Crippen LogP contribution is 2.48. The maximum atomic E-state index is 12.8. The molecule has 2 N–H and O–H groups in total. The van der Waals surface area contributed by atoms with Crippen LogP contribution in [0, 0.1) is 23.7 Å². The van der Waals surface area contributed by atoms with Gasteiger partial charge in [0, 0.05) is 32.1 Å². The van der Waals surface area contributed by atoms with E-state index < -0.39 is 0 Å². The van der Waals surface area contributed by atoms with Crippen molar-refractivity contribution in [1.82, 2.24) is 9.80 Å². The molecule has 0 aromatic rings. The van der Waals surface area contributed by atoms with E-state index in [2.05, 4.69) is 16.7 Å². The molecule has 3 aliphatic rings. The highest BCUT2D eigenvalue weighted by molar-refractivity contribution is 5.79. The predicted octanol–water partition coefficient (Wildman–Crippen LogP) is 1.55. The van der Waals surface area contributed by atoms with Gasteiger partial charge in [-0.3, -0.25) is 4.79 Å². The van der Waals surface area contributed by atoms with Gasteiger partial charge < -0.3 is 15.5 Å². The number of rotatable bonds is 4. The van der Waals surface area contributed by atoms with Gasteiger partial charge in [0.1, 0.15) is 0 Å². The van der Waals surface area contributed by atoms with Gasteiger partial charge in [-0.25, -0.2) is 0 Å². The number of fused-ring (bicyclic) bond motifs is 2. The Morgan fingerprint density at radius 1 is 1.19 bits per heavy atom. The minimum Gasteiger partial charge on any atom is -0.341 e. The van der Waals surface area contributed by atoms with Crippen molar-refractivity contribution >= 4 is 5.91 Å². The first kappa shape index (κ1) is 15.3. The van der Waals surface area contributed by atoms with Crippen LogP contribution < -0.4 is 5.73 Å². The first-order valence-electron chi connectivity index (χ1n) is 8.88. The van der Waals surface area contributed by atoms with Crippen LogP contribution >= 0.6 is 0 Å². The molecule has 3 fully saturated rings. The summed E-state index contributed by atoms with van der Waals surface area (Å²) in [4.78, 5) is 17.5. The second kappa shape index (κ2) is 6.66. The predicted molar refractivity (Wildman–Crippen MR) is 84.8 cm³/mol. The Kier molecular flexibility index (Phi) is 4.85. The van der Waals surface area contributed by atoms with Gasteiger partial charge in [0.2, 0.25) is 5.91 Å². The van der Waals surface area contributed by atoms with Gasteiger partial charge in [-0.2, -0.15) is 0 Å². The molecule has 120 valence electrons. The van der Waals surface area contributed by atoms with Crippen molar-refractivity contribution in [1.29, 1.82) is 0 Å². The SMILES string of the molecule is CC(CN)CN1CCCN(C(=O)C2CC3CCC2C3)CC1. The smallest absolute Gasteiger partial charge is 0.226 e. The minimum atomic E-state index is 0.360. The molecule has 0 aromatic carbocycles. The number of hydrogen-bond donors (Lipinski definition) is 1. The van der Waals surface area contributed by atoms with Crippen molar-refractivity contribution in [2.45, 2.75) is 39.0 Å². The van der Waals surface area contributed by atoms with E-state index in [1.165, 1.54) is 25.7 Å². The third-order valence-corrected chi connectivity index (χ3v) is 5.93. The zero-order valence-corrected chi connectivity index (χ0v) is 13.5. The van der Waals surface area contributed by atoms with E-state index in [1.807, 2.05) is 0 Å². The molecule has 4 heteroatoms. The molecule has 1 amide bonds. The average Bonchev–Trinajstić information content (AvgIpc) is 3.05. The topological polar surface area (TPSA) is 49.6 Å². The highest BCUT2D eigenvalue weighted by Gasteiger charge is 2.44. The van der Waals surface area contributed by atoms with Crippen LogP contribution in [0.5, 0.6) is 0 Å². The van der Waals surface area contributed by atoms with Crippen LogP contribution in [0.25, 0.3) is 0 Å². The summed E-state index contributed by atoms with van der Waals surface area (Å²) in [6.45, 7) is 8.06. The monoisotopic (exact) mass is 293 g/mol. The van der Waals surface area contributed by atoms with Crippen LogP contribution in [-0.2, 0) is 4.79 Å². The van der Waals surface area contributed by atoms with Gasteiger partial charge in [-0.1, -0.05) is 13.3 Å². The van der Waals surface area contributed by atoms with E-state index in [1.54, 1.807) is 0 Å². The van der Waals surface area contributed by atoms with Gasteiger partial charge >= 0.3 is 0 Å². The molecule has 1 saturated heterocycles. The van der Waals surface area contributed by atoms with Crippen LogP contribution in [0.4, 0.5) is 0 Å². The standard InChI is InChI=1S/C17H31N3O/c1-13(11-18)12-19-5-2-6-20(8-7-19)17(21)16-10-14-3-4-15(16)9-14/h13-16H,2-12,18H2,1H3. The molecular formula is C17H31N3O. The molecule has 4 atom stereocenters. The Bertz CT molecular complexity index is 373. The fourth-order valence-corrected chi connectivity index (χ4v) is 4.67. The molecular weight excluding hydrogens is 262 g/mol. The third-order valence-electron chi connectivity index (χ3n) is 5.93. The molecule has 2 saturated carbocycles. The fraction of sp³-hybridized carbons (Fsp3) is 0.941. The van der Waals surface area contributed by atoms with Crippen LogP contribution in [-0.4, -0.2) is 55.0 Å². The maximum absolute atomic E-state index is 12.8. The summed E-state index contributed by atoms with van der Waals surface area (Å²) in [5.41, 5.74) is 5.73. The molecule has 2 aliphatic carbocycles. The van der Waals surface area contributed by atoms with E-state index in [9.17, 15) is 4.79 Å². The number of amides is 1. The van der Waals surface area contributed by atoms with Crippen molar-refractivity contribution in [2.24, 2.45) is 29.4 Å². The maximum Gasteiger partial charge on any atom is 0.226 e. The summed E-state index contributed by atoms with van der Waals surface area (Å²) in [6.07, 6.45) is 6.29. The van der Waals surface area contributed by atoms with Crippen LogP contribution in [0.3, 0.4) is 0 Å². The van der Waals surface area contributed by atoms with Gasteiger partial charge in [0.15, 0.2) is 0 Å². The summed E-state index contributed by atoms with van der Waals surface area (Å²) in [5.74, 6) is 2.95. The molecule has 4 unspecified atom stereocenters. The lowest BCUT2D eigenvalue weighted by Crippen LogP contribution is -2.41. The Morgan fingerprint density at radius 2 is 2.05 bits per heavy atom. The molecule has 0 spiro atoms. The van der Waals surface area contributed by atoms with Crippen LogP contribution in [0.2, 0.25) is 0 Å². The van der Waals surface area contributed by atoms with Crippen molar-refractivity contribution in [2.75, 3.05) is 39.3 Å². The molecule has 1 aliphatic heterocycles. The molecule has 3 rings (SSSR count). The molecule has 0 radical (unpaired) electrons. The van der Waals surface area contributed by atoms with Crippen LogP contribution in [0.15, 0.2) is 0 Å². The van der Waals surface area contributed by atoms with E-state index in [-0.39, 0.29) is 0 Å². The van der Waals surface area contributed by atoms with Crippen molar-refractivity contribution in [3.05, 3.63) is 0 Å². The summed E-state index contributed by atoms with van der Waals surface area (Å²) in [7, 11) is 0. The van der Waals surface area contributed by atoms with Gasteiger partial charge in [-0.15, -0.1) is 0 Å². The third kappa shape index (κ3) is 3.42. The van der Waals surface area contributed by atoms with Gasteiger partial charge in [0.05, 0.1) is 0 Å². The molecule has 21 heavy (non-hydrogen) atoms. The van der Waals surface area contributed by atoms with Gasteiger partial charge in [-0.05, 0) is 56.5 Å². The van der Waals surface area contributed by atoms with Crippen LogP contribution in [0.1, 0.15) is 39.0 Å². The normalized spacial score (nSPS) is 35.0. The zero-order chi connectivity index (χ0) is 14.8. The Labute approximate surface area is 129 Å².